The van der Waals surface area contributed by atoms with Gasteiger partial charge in [-0.05, 0) is 38.8 Å². The summed E-state index contributed by atoms with van der Waals surface area (Å²) in [5.41, 5.74) is 0. The van der Waals surface area contributed by atoms with E-state index in [4.69, 9.17) is 9.47 Å². The maximum absolute atomic E-state index is 4.97. The molecule has 1 aromatic heterocycles. The van der Waals surface area contributed by atoms with Gasteiger partial charge < -0.3 is 14.4 Å². The van der Waals surface area contributed by atoms with Crippen LogP contribution in [0.3, 0.4) is 0 Å². The summed E-state index contributed by atoms with van der Waals surface area (Å²) < 4.78 is 9.92. The van der Waals surface area contributed by atoms with Crippen LogP contribution >= 0.6 is 0 Å². The van der Waals surface area contributed by atoms with Crippen LogP contribution in [-0.4, -0.2) is 43.7 Å². The zero-order valence-electron chi connectivity index (χ0n) is 12.8. The molecule has 112 valence electrons. The molecule has 4 heteroatoms. The first-order chi connectivity index (χ1) is 9.76. The summed E-state index contributed by atoms with van der Waals surface area (Å²) in [4.78, 5) is 6.42. The van der Waals surface area contributed by atoms with Crippen molar-refractivity contribution in [2.75, 3.05) is 27.8 Å². The zero-order chi connectivity index (χ0) is 14.4. The lowest BCUT2D eigenvalue weighted by molar-refractivity contribution is 0.215. The van der Waals surface area contributed by atoms with Crippen molar-refractivity contribution in [3.05, 3.63) is 18.5 Å². The monoisotopic (exact) mass is 278 g/mol. The lowest BCUT2D eigenvalue weighted by atomic mass is 9.85. The van der Waals surface area contributed by atoms with Gasteiger partial charge in [-0.25, -0.2) is 0 Å². The Morgan fingerprint density at radius 1 is 1.10 bits per heavy atom. The molecule has 0 aromatic carbocycles. The summed E-state index contributed by atoms with van der Waals surface area (Å²) in [6.07, 6.45) is 10.7. The predicted octanol–water partition coefficient (Wildman–Crippen LogP) is 2.98. The Balaban J connectivity index is 0.000000147. The van der Waals surface area contributed by atoms with Crippen LogP contribution in [0.2, 0.25) is 0 Å². The van der Waals surface area contributed by atoms with Crippen LogP contribution in [0, 0.1) is 5.92 Å². The fraction of sp³-hybridized carbons (Fsp3) is 0.688. The summed E-state index contributed by atoms with van der Waals surface area (Å²) in [5.74, 6) is 2.43. The molecule has 0 amide bonds. The molecule has 2 heterocycles. The first-order valence-electron chi connectivity index (χ1n) is 7.48. The Morgan fingerprint density at radius 2 is 1.85 bits per heavy atom. The molecule has 4 nitrogen and oxygen atoms in total. The lowest BCUT2D eigenvalue weighted by Gasteiger charge is -2.28. The second kappa shape index (κ2) is 7.48. The van der Waals surface area contributed by atoms with Crippen LogP contribution in [-0.2, 0) is 0 Å². The number of pyridine rings is 1. The van der Waals surface area contributed by atoms with Crippen molar-refractivity contribution in [2.45, 2.75) is 38.1 Å². The highest BCUT2D eigenvalue weighted by atomic mass is 16.5. The Hall–Kier alpha value is -1.29. The van der Waals surface area contributed by atoms with E-state index in [9.17, 15) is 0 Å². The number of likely N-dealkylation sites (tertiary alicyclic amines) is 1. The van der Waals surface area contributed by atoms with Crippen molar-refractivity contribution in [3.8, 4) is 11.5 Å². The van der Waals surface area contributed by atoms with E-state index >= 15 is 0 Å². The normalized spacial score (nSPS) is 25.4. The maximum Gasteiger partial charge on any atom is 0.179 e. The van der Waals surface area contributed by atoms with E-state index in [1.54, 1.807) is 32.7 Å². The standard InChI is InChI=1S/C9H17N.C7H9NO2/c1-10-7-6-8-4-2-3-5-9(8)10;1-9-6-3-4-8-5-7(6)10-2/h8-9H,2-7H2,1H3;3-5H,1-2H3. The molecule has 1 aromatic rings. The summed E-state index contributed by atoms with van der Waals surface area (Å²) in [7, 11) is 5.47. The van der Waals surface area contributed by atoms with Crippen molar-refractivity contribution in [3.63, 3.8) is 0 Å². The Morgan fingerprint density at radius 3 is 2.50 bits per heavy atom. The fourth-order valence-corrected chi connectivity index (χ4v) is 3.33. The molecule has 0 bridgehead atoms. The number of hydrogen-bond acceptors (Lipinski definition) is 4. The summed E-state index contributed by atoms with van der Waals surface area (Å²) in [5, 5.41) is 0. The lowest BCUT2D eigenvalue weighted by Crippen LogP contribution is -2.31. The van der Waals surface area contributed by atoms with Gasteiger partial charge in [-0.3, -0.25) is 4.98 Å². The minimum absolute atomic E-state index is 0.657. The summed E-state index contributed by atoms with van der Waals surface area (Å²) >= 11 is 0. The molecule has 1 aliphatic carbocycles. The number of hydrogen-bond donors (Lipinski definition) is 0. The van der Waals surface area contributed by atoms with Crippen LogP contribution in [0.1, 0.15) is 32.1 Å². The van der Waals surface area contributed by atoms with Crippen LogP contribution in [0.5, 0.6) is 11.5 Å². The van der Waals surface area contributed by atoms with Crippen molar-refractivity contribution in [2.24, 2.45) is 5.92 Å². The molecule has 0 N–H and O–H groups in total. The topological polar surface area (TPSA) is 34.6 Å². The highest BCUT2D eigenvalue weighted by Gasteiger charge is 2.32. The van der Waals surface area contributed by atoms with E-state index in [2.05, 4.69) is 16.9 Å². The molecule has 1 saturated heterocycles. The average molecular weight is 278 g/mol. The second-order valence-corrected chi connectivity index (χ2v) is 5.61. The van der Waals surface area contributed by atoms with Gasteiger partial charge in [-0.1, -0.05) is 12.8 Å². The third-order valence-electron chi connectivity index (χ3n) is 4.47. The quantitative estimate of drug-likeness (QED) is 0.833. The van der Waals surface area contributed by atoms with Crippen LogP contribution in [0.15, 0.2) is 18.5 Å². The third-order valence-corrected chi connectivity index (χ3v) is 4.47. The predicted molar refractivity (Wildman–Crippen MR) is 80.3 cm³/mol. The number of methoxy groups -OCH3 is 2. The average Bonchev–Trinajstić information content (AvgIpc) is 2.90. The largest absolute Gasteiger partial charge is 0.493 e. The van der Waals surface area contributed by atoms with Crippen molar-refractivity contribution in [1.82, 2.24) is 9.88 Å². The minimum Gasteiger partial charge on any atom is -0.493 e. The maximum atomic E-state index is 4.97. The summed E-state index contributed by atoms with van der Waals surface area (Å²) in [6, 6.07) is 2.72. The molecule has 2 fully saturated rings. The molecular formula is C16H26N2O2. The van der Waals surface area contributed by atoms with E-state index in [0.29, 0.717) is 11.5 Å². The molecule has 0 spiro atoms. The Labute approximate surface area is 122 Å². The van der Waals surface area contributed by atoms with Crippen LogP contribution < -0.4 is 9.47 Å². The SMILES string of the molecule is CN1CCC2CCCCC21.COc1ccncc1OC. The molecular weight excluding hydrogens is 252 g/mol. The number of aromatic nitrogens is 1. The van der Waals surface area contributed by atoms with E-state index < -0.39 is 0 Å². The van der Waals surface area contributed by atoms with Gasteiger partial charge in [-0.2, -0.15) is 0 Å². The number of rotatable bonds is 2. The van der Waals surface area contributed by atoms with Crippen molar-refractivity contribution in [1.29, 1.82) is 0 Å². The smallest absolute Gasteiger partial charge is 0.179 e. The van der Waals surface area contributed by atoms with Gasteiger partial charge in [0.2, 0.25) is 0 Å². The number of nitrogens with zero attached hydrogens (tertiary/aromatic N) is 2. The van der Waals surface area contributed by atoms with Crippen LogP contribution in [0.4, 0.5) is 0 Å². The summed E-state index contributed by atoms with van der Waals surface area (Å²) in [6.45, 7) is 1.36. The molecule has 2 unspecified atom stereocenters. The highest BCUT2D eigenvalue weighted by molar-refractivity contribution is 5.35. The molecule has 2 atom stereocenters. The van der Waals surface area contributed by atoms with Gasteiger partial charge in [0.15, 0.2) is 11.5 Å². The Kier molecular flexibility index (Phi) is 5.65. The third kappa shape index (κ3) is 3.63. The Bertz CT molecular complexity index is 386. The molecule has 1 aliphatic heterocycles. The minimum atomic E-state index is 0.657. The van der Waals surface area contributed by atoms with E-state index in [-0.39, 0.29) is 0 Å². The molecule has 2 aliphatic rings. The molecule has 1 saturated carbocycles. The van der Waals surface area contributed by atoms with Gasteiger partial charge in [0.05, 0.1) is 20.4 Å². The second-order valence-electron chi connectivity index (χ2n) is 5.61. The van der Waals surface area contributed by atoms with Gasteiger partial charge in [0.1, 0.15) is 0 Å². The van der Waals surface area contributed by atoms with E-state index in [1.807, 2.05) is 0 Å². The van der Waals surface area contributed by atoms with Gasteiger partial charge in [0.25, 0.3) is 0 Å². The number of fused-ring (bicyclic) bond motifs is 1. The van der Waals surface area contributed by atoms with Crippen molar-refractivity contribution < 1.29 is 9.47 Å². The van der Waals surface area contributed by atoms with Crippen LogP contribution in [0.25, 0.3) is 0 Å². The molecule has 3 rings (SSSR count). The first kappa shape index (κ1) is 15.1. The highest BCUT2D eigenvalue weighted by Crippen LogP contribution is 2.34. The van der Waals surface area contributed by atoms with E-state index in [1.165, 1.54) is 38.6 Å². The van der Waals surface area contributed by atoms with Gasteiger partial charge >= 0.3 is 0 Å². The van der Waals surface area contributed by atoms with Gasteiger partial charge in [-0.15, -0.1) is 0 Å². The fourth-order valence-electron chi connectivity index (χ4n) is 3.33. The molecule has 0 radical (unpaired) electrons. The molecule has 20 heavy (non-hydrogen) atoms. The van der Waals surface area contributed by atoms with Crippen molar-refractivity contribution >= 4 is 0 Å². The first-order valence-corrected chi connectivity index (χ1v) is 7.48. The zero-order valence-corrected chi connectivity index (χ0v) is 12.8. The number of ether oxygens (including phenoxy) is 2. The van der Waals surface area contributed by atoms with Gasteiger partial charge in [0, 0.05) is 18.3 Å². The van der Waals surface area contributed by atoms with E-state index in [0.717, 1.165) is 12.0 Å².